The molecule has 3 rings (SSSR count). The number of rotatable bonds is 3. The second-order valence-electron chi connectivity index (χ2n) is 5.96. The quantitative estimate of drug-likeness (QED) is 0.911. The van der Waals surface area contributed by atoms with Crippen molar-refractivity contribution >= 4 is 17.3 Å². The minimum atomic E-state index is -0.459. The van der Waals surface area contributed by atoms with Gasteiger partial charge in [-0.1, -0.05) is 6.92 Å². The fraction of sp³-hybridized carbons (Fsp3) is 0.353. The Morgan fingerprint density at radius 1 is 1.26 bits per heavy atom. The van der Waals surface area contributed by atoms with Crippen LogP contribution in [0.4, 0.5) is 11.4 Å². The molecule has 0 atom stereocenters. The first-order valence-corrected chi connectivity index (χ1v) is 7.82. The summed E-state index contributed by atoms with van der Waals surface area (Å²) in [7, 11) is 0. The highest BCUT2D eigenvalue weighted by atomic mass is 16.2. The van der Waals surface area contributed by atoms with Crippen molar-refractivity contribution in [1.82, 2.24) is 9.97 Å². The van der Waals surface area contributed by atoms with Gasteiger partial charge in [-0.3, -0.25) is 9.59 Å². The van der Waals surface area contributed by atoms with Crippen molar-refractivity contribution < 1.29 is 4.79 Å². The fourth-order valence-electron chi connectivity index (χ4n) is 2.73. The summed E-state index contributed by atoms with van der Waals surface area (Å²) < 4.78 is 0. The second kappa shape index (κ2) is 6.64. The molecule has 0 radical (unpaired) electrons. The molecule has 0 bridgehead atoms. The number of hydrogen-bond donors (Lipinski definition) is 2. The Balaban J connectivity index is 1.67. The molecule has 23 heavy (non-hydrogen) atoms. The molecule has 1 aliphatic rings. The van der Waals surface area contributed by atoms with Crippen molar-refractivity contribution in [3.8, 4) is 0 Å². The van der Waals surface area contributed by atoms with Gasteiger partial charge in [0.25, 0.3) is 11.5 Å². The first-order valence-electron chi connectivity index (χ1n) is 7.82. The molecule has 0 aliphatic carbocycles. The van der Waals surface area contributed by atoms with Crippen LogP contribution in [0, 0.1) is 5.92 Å². The number of carbonyl (C=O) groups is 1. The van der Waals surface area contributed by atoms with Gasteiger partial charge in [-0.25, -0.2) is 4.98 Å². The molecule has 0 unspecified atom stereocenters. The number of carbonyl (C=O) groups excluding carboxylic acids is 1. The Hall–Kier alpha value is -2.63. The molecule has 6 nitrogen and oxygen atoms in total. The molecule has 1 fully saturated rings. The van der Waals surface area contributed by atoms with E-state index in [9.17, 15) is 9.59 Å². The molecule has 1 aliphatic heterocycles. The summed E-state index contributed by atoms with van der Waals surface area (Å²) in [6, 6.07) is 7.71. The van der Waals surface area contributed by atoms with E-state index in [2.05, 4.69) is 27.1 Å². The molecule has 1 amide bonds. The maximum Gasteiger partial charge on any atom is 0.263 e. The van der Waals surface area contributed by atoms with Crippen LogP contribution in [0.1, 0.15) is 30.1 Å². The maximum atomic E-state index is 12.1. The van der Waals surface area contributed by atoms with Crippen LogP contribution in [0.2, 0.25) is 0 Å². The first kappa shape index (κ1) is 15.3. The van der Waals surface area contributed by atoms with Gasteiger partial charge in [-0.2, -0.15) is 0 Å². The van der Waals surface area contributed by atoms with Gasteiger partial charge in [0.15, 0.2) is 0 Å². The van der Waals surface area contributed by atoms with Crippen LogP contribution in [0.15, 0.2) is 41.6 Å². The zero-order valence-corrected chi connectivity index (χ0v) is 13.1. The van der Waals surface area contributed by atoms with Crippen LogP contribution in [0.3, 0.4) is 0 Å². The standard InChI is InChI=1S/C17H20N4O2/c1-12-6-8-21(9-7-12)14-4-2-13(3-5-14)20-17(23)15-10-18-11-19-16(15)22/h2-5,10-12H,6-9H2,1H3,(H,20,23)(H,18,19,22). The molecular weight excluding hydrogens is 292 g/mol. The molecule has 0 spiro atoms. The van der Waals surface area contributed by atoms with Crippen LogP contribution in [-0.4, -0.2) is 29.0 Å². The topological polar surface area (TPSA) is 78.1 Å². The van der Waals surface area contributed by atoms with Crippen LogP contribution in [0.25, 0.3) is 0 Å². The van der Waals surface area contributed by atoms with Crippen LogP contribution in [0.5, 0.6) is 0 Å². The number of aromatic nitrogens is 2. The molecule has 0 saturated carbocycles. The normalized spacial score (nSPS) is 15.4. The van der Waals surface area contributed by atoms with E-state index in [1.165, 1.54) is 25.4 Å². The highest BCUT2D eigenvalue weighted by molar-refractivity contribution is 6.03. The predicted molar refractivity (Wildman–Crippen MR) is 89.9 cm³/mol. The SMILES string of the molecule is CC1CCN(c2ccc(NC(=O)c3cnc[nH]c3=O)cc2)CC1. The van der Waals surface area contributed by atoms with E-state index >= 15 is 0 Å². The summed E-state index contributed by atoms with van der Waals surface area (Å²) in [5.74, 6) is 0.335. The number of benzene rings is 1. The molecule has 2 aromatic rings. The first-order chi connectivity index (χ1) is 11.1. The maximum absolute atomic E-state index is 12.1. The van der Waals surface area contributed by atoms with Crippen LogP contribution in [-0.2, 0) is 0 Å². The lowest BCUT2D eigenvalue weighted by Gasteiger charge is -2.32. The fourth-order valence-corrected chi connectivity index (χ4v) is 2.73. The third-order valence-corrected chi connectivity index (χ3v) is 4.24. The van der Waals surface area contributed by atoms with Crippen LogP contribution < -0.4 is 15.8 Å². The van der Waals surface area contributed by atoms with Gasteiger partial charge < -0.3 is 15.2 Å². The average molecular weight is 312 g/mol. The lowest BCUT2D eigenvalue weighted by molar-refractivity contribution is 0.102. The minimum Gasteiger partial charge on any atom is -0.372 e. The molecular formula is C17H20N4O2. The number of H-pyrrole nitrogens is 1. The van der Waals surface area contributed by atoms with Gasteiger partial charge >= 0.3 is 0 Å². The zero-order chi connectivity index (χ0) is 16.2. The second-order valence-corrected chi connectivity index (χ2v) is 5.96. The van der Waals surface area contributed by atoms with Gasteiger partial charge in [-0.15, -0.1) is 0 Å². The van der Waals surface area contributed by atoms with Gasteiger partial charge in [0.2, 0.25) is 0 Å². The number of amides is 1. The Morgan fingerprint density at radius 3 is 2.61 bits per heavy atom. The Kier molecular flexibility index (Phi) is 4.41. The number of nitrogens with zero attached hydrogens (tertiary/aromatic N) is 2. The summed E-state index contributed by atoms with van der Waals surface area (Å²) in [6.07, 6.45) is 4.94. The number of piperidine rings is 1. The predicted octanol–water partition coefficient (Wildman–Crippen LogP) is 2.26. The van der Waals surface area contributed by atoms with Crippen molar-refractivity contribution in [2.75, 3.05) is 23.3 Å². The molecule has 2 N–H and O–H groups in total. The number of nitrogens with one attached hydrogen (secondary N) is 2. The number of anilines is 2. The third kappa shape index (κ3) is 3.59. The summed E-state index contributed by atoms with van der Waals surface area (Å²) in [5, 5.41) is 2.72. The van der Waals surface area contributed by atoms with Gasteiger partial charge in [-0.05, 0) is 43.0 Å². The largest absolute Gasteiger partial charge is 0.372 e. The van der Waals surface area contributed by atoms with E-state index in [0.717, 1.165) is 24.7 Å². The zero-order valence-electron chi connectivity index (χ0n) is 13.1. The Bertz CT molecular complexity index is 731. The summed E-state index contributed by atoms with van der Waals surface area (Å²) in [5.41, 5.74) is 1.37. The summed E-state index contributed by atoms with van der Waals surface area (Å²) in [6.45, 7) is 4.42. The Labute approximate surface area is 134 Å². The highest BCUT2D eigenvalue weighted by Gasteiger charge is 2.16. The van der Waals surface area contributed by atoms with E-state index in [-0.39, 0.29) is 5.56 Å². The summed E-state index contributed by atoms with van der Waals surface area (Å²) in [4.78, 5) is 32.2. The van der Waals surface area contributed by atoms with Crippen molar-refractivity contribution in [3.63, 3.8) is 0 Å². The van der Waals surface area contributed by atoms with Gasteiger partial charge in [0.1, 0.15) is 5.56 Å². The van der Waals surface area contributed by atoms with E-state index in [1.807, 2.05) is 24.3 Å². The highest BCUT2D eigenvalue weighted by Crippen LogP contribution is 2.24. The molecule has 2 heterocycles. The molecule has 1 saturated heterocycles. The van der Waals surface area contributed by atoms with Crippen molar-refractivity contribution in [2.45, 2.75) is 19.8 Å². The smallest absolute Gasteiger partial charge is 0.263 e. The Morgan fingerprint density at radius 2 is 1.96 bits per heavy atom. The van der Waals surface area contributed by atoms with Crippen molar-refractivity contribution in [1.29, 1.82) is 0 Å². The molecule has 1 aromatic heterocycles. The van der Waals surface area contributed by atoms with E-state index in [4.69, 9.17) is 0 Å². The van der Waals surface area contributed by atoms with Crippen molar-refractivity contribution in [2.24, 2.45) is 5.92 Å². The molecule has 120 valence electrons. The molecule has 1 aromatic carbocycles. The van der Waals surface area contributed by atoms with E-state index < -0.39 is 11.5 Å². The lowest BCUT2D eigenvalue weighted by atomic mass is 9.99. The van der Waals surface area contributed by atoms with E-state index in [1.54, 1.807) is 0 Å². The van der Waals surface area contributed by atoms with Crippen LogP contribution >= 0.6 is 0 Å². The van der Waals surface area contributed by atoms with Gasteiger partial charge in [0.05, 0.1) is 6.33 Å². The monoisotopic (exact) mass is 312 g/mol. The average Bonchev–Trinajstić information content (AvgIpc) is 2.57. The van der Waals surface area contributed by atoms with Gasteiger partial charge in [0, 0.05) is 30.7 Å². The number of hydrogen-bond acceptors (Lipinski definition) is 4. The molecule has 6 heteroatoms. The summed E-state index contributed by atoms with van der Waals surface area (Å²) >= 11 is 0. The lowest BCUT2D eigenvalue weighted by Crippen LogP contribution is -2.32. The van der Waals surface area contributed by atoms with E-state index in [0.29, 0.717) is 5.69 Å². The number of aromatic amines is 1. The third-order valence-electron chi connectivity index (χ3n) is 4.24. The minimum absolute atomic E-state index is 0.00148. The van der Waals surface area contributed by atoms with Crippen molar-refractivity contribution in [3.05, 3.63) is 52.7 Å².